The first-order chi connectivity index (χ1) is 7.68. The van der Waals surface area contributed by atoms with E-state index in [-0.39, 0.29) is 22.1 Å². The van der Waals surface area contributed by atoms with Gasteiger partial charge in [0.05, 0.1) is 5.56 Å². The summed E-state index contributed by atoms with van der Waals surface area (Å²) in [6, 6.07) is 8.63. The van der Waals surface area contributed by atoms with Crippen LogP contribution in [0, 0.1) is 5.82 Å². The van der Waals surface area contributed by atoms with Crippen LogP contribution in [0.25, 0.3) is 0 Å². The monoisotopic (exact) mass is 235 g/mol. The van der Waals surface area contributed by atoms with Crippen molar-refractivity contribution in [2.24, 2.45) is 0 Å². The third kappa shape index (κ3) is 2.09. The van der Waals surface area contributed by atoms with Gasteiger partial charge in [0.15, 0.2) is 5.78 Å². The van der Waals surface area contributed by atoms with E-state index >= 15 is 0 Å². The molecular weight excluding hydrogens is 229 g/mol. The topological polar surface area (TPSA) is 30.0 Å². The molecule has 0 atom stereocenters. The summed E-state index contributed by atoms with van der Waals surface area (Å²) in [5, 5.41) is 0.122. The quantitative estimate of drug-likeness (QED) is 0.591. The largest absolute Gasteiger partial charge is 0.288 e. The average molecular weight is 236 g/mol. The second kappa shape index (κ2) is 4.41. The molecule has 0 fully saturated rings. The van der Waals surface area contributed by atoms with E-state index in [4.69, 9.17) is 11.6 Å². The Morgan fingerprint density at radius 2 is 2.06 bits per heavy atom. The Labute approximate surface area is 96.7 Å². The van der Waals surface area contributed by atoms with E-state index < -0.39 is 5.82 Å². The normalized spacial score (nSPS) is 10.1. The van der Waals surface area contributed by atoms with Gasteiger partial charge in [-0.05, 0) is 24.3 Å². The smallest absolute Gasteiger partial charge is 0.196 e. The van der Waals surface area contributed by atoms with Crippen LogP contribution in [0.1, 0.15) is 15.9 Å². The zero-order chi connectivity index (χ0) is 11.5. The van der Waals surface area contributed by atoms with Crippen LogP contribution in [-0.2, 0) is 0 Å². The van der Waals surface area contributed by atoms with Crippen LogP contribution in [0.5, 0.6) is 0 Å². The third-order valence-corrected chi connectivity index (χ3v) is 2.39. The molecule has 0 aliphatic rings. The van der Waals surface area contributed by atoms with Crippen molar-refractivity contribution >= 4 is 17.4 Å². The van der Waals surface area contributed by atoms with E-state index in [0.717, 1.165) is 0 Å². The summed E-state index contributed by atoms with van der Waals surface area (Å²) >= 11 is 5.78. The van der Waals surface area contributed by atoms with Crippen molar-refractivity contribution in [2.45, 2.75) is 0 Å². The number of rotatable bonds is 2. The predicted molar refractivity (Wildman–Crippen MR) is 59.1 cm³/mol. The maximum Gasteiger partial charge on any atom is 0.196 e. The number of hydrogen-bond donors (Lipinski definition) is 0. The van der Waals surface area contributed by atoms with Gasteiger partial charge >= 0.3 is 0 Å². The van der Waals surface area contributed by atoms with Crippen LogP contribution in [0.3, 0.4) is 0 Å². The lowest BCUT2D eigenvalue weighted by Crippen LogP contribution is -2.03. The fourth-order valence-corrected chi connectivity index (χ4v) is 1.55. The summed E-state index contributed by atoms with van der Waals surface area (Å²) in [7, 11) is 0. The van der Waals surface area contributed by atoms with Crippen LogP contribution >= 0.6 is 11.6 Å². The number of nitrogens with zero attached hydrogens (tertiary/aromatic N) is 1. The molecule has 0 saturated carbocycles. The minimum absolute atomic E-state index is 0.122. The molecule has 1 heterocycles. The molecule has 0 amide bonds. The van der Waals surface area contributed by atoms with Crippen LogP contribution in [0.2, 0.25) is 5.15 Å². The molecule has 0 bridgehead atoms. The Morgan fingerprint density at radius 1 is 1.25 bits per heavy atom. The summed E-state index contributed by atoms with van der Waals surface area (Å²) in [5.41, 5.74) is 0.532. The highest BCUT2D eigenvalue weighted by molar-refractivity contribution is 6.33. The SMILES string of the molecule is O=C(c1cccc(F)c1)c1cccnc1Cl. The van der Waals surface area contributed by atoms with Gasteiger partial charge in [0.25, 0.3) is 0 Å². The number of halogens is 2. The minimum atomic E-state index is -0.453. The first-order valence-electron chi connectivity index (χ1n) is 4.59. The zero-order valence-electron chi connectivity index (χ0n) is 8.15. The summed E-state index contributed by atoms with van der Waals surface area (Å²) in [6.45, 7) is 0. The summed E-state index contributed by atoms with van der Waals surface area (Å²) in [6.07, 6.45) is 1.49. The highest BCUT2D eigenvalue weighted by Gasteiger charge is 2.13. The molecule has 2 rings (SSSR count). The molecule has 2 aromatic rings. The molecule has 0 spiro atoms. The van der Waals surface area contributed by atoms with E-state index in [1.165, 1.54) is 30.5 Å². The first kappa shape index (κ1) is 10.8. The van der Waals surface area contributed by atoms with E-state index in [9.17, 15) is 9.18 Å². The predicted octanol–water partition coefficient (Wildman–Crippen LogP) is 3.11. The van der Waals surface area contributed by atoms with Crippen molar-refractivity contribution in [1.82, 2.24) is 4.98 Å². The number of carbonyl (C=O) groups excluding carboxylic acids is 1. The number of benzene rings is 1. The van der Waals surface area contributed by atoms with Crippen LogP contribution in [0.15, 0.2) is 42.6 Å². The highest BCUT2D eigenvalue weighted by atomic mass is 35.5. The summed E-state index contributed by atoms with van der Waals surface area (Å²) < 4.78 is 12.9. The molecule has 4 heteroatoms. The molecule has 80 valence electrons. The Morgan fingerprint density at radius 3 is 2.75 bits per heavy atom. The van der Waals surface area contributed by atoms with Gasteiger partial charge in [-0.15, -0.1) is 0 Å². The molecule has 2 nitrogen and oxygen atoms in total. The number of hydrogen-bond acceptors (Lipinski definition) is 2. The number of pyridine rings is 1. The van der Waals surface area contributed by atoms with Crippen molar-refractivity contribution in [1.29, 1.82) is 0 Å². The fraction of sp³-hybridized carbons (Fsp3) is 0. The van der Waals surface area contributed by atoms with Gasteiger partial charge in [-0.2, -0.15) is 0 Å². The van der Waals surface area contributed by atoms with Gasteiger partial charge in [0.2, 0.25) is 0 Å². The van der Waals surface area contributed by atoms with Crippen LogP contribution in [0.4, 0.5) is 4.39 Å². The molecular formula is C12H7ClFNO. The number of carbonyl (C=O) groups is 1. The van der Waals surface area contributed by atoms with Crippen molar-refractivity contribution < 1.29 is 9.18 Å². The zero-order valence-corrected chi connectivity index (χ0v) is 8.91. The molecule has 16 heavy (non-hydrogen) atoms. The fourth-order valence-electron chi connectivity index (χ4n) is 1.34. The Bertz CT molecular complexity index is 542. The van der Waals surface area contributed by atoms with Crippen molar-refractivity contribution in [3.8, 4) is 0 Å². The first-order valence-corrected chi connectivity index (χ1v) is 4.97. The number of ketones is 1. The maximum atomic E-state index is 12.9. The van der Waals surface area contributed by atoms with E-state index in [1.54, 1.807) is 12.1 Å². The molecule has 0 radical (unpaired) electrons. The van der Waals surface area contributed by atoms with Gasteiger partial charge < -0.3 is 0 Å². The molecule has 1 aromatic heterocycles. The lowest BCUT2D eigenvalue weighted by Gasteiger charge is -2.02. The van der Waals surface area contributed by atoms with Gasteiger partial charge in [-0.1, -0.05) is 23.7 Å². The van der Waals surface area contributed by atoms with Crippen molar-refractivity contribution in [3.05, 3.63) is 64.7 Å². The number of aromatic nitrogens is 1. The maximum absolute atomic E-state index is 12.9. The summed E-state index contributed by atoms with van der Waals surface area (Å²) in [5.74, 6) is -0.788. The average Bonchev–Trinajstić information content (AvgIpc) is 2.29. The molecule has 1 aromatic carbocycles. The lowest BCUT2D eigenvalue weighted by atomic mass is 10.1. The molecule has 0 saturated heterocycles. The van der Waals surface area contributed by atoms with E-state index in [1.807, 2.05) is 0 Å². The van der Waals surface area contributed by atoms with Gasteiger partial charge in [0, 0.05) is 11.8 Å². The van der Waals surface area contributed by atoms with Gasteiger partial charge in [-0.3, -0.25) is 4.79 Å². The van der Waals surface area contributed by atoms with Crippen molar-refractivity contribution in [3.63, 3.8) is 0 Å². The van der Waals surface area contributed by atoms with Crippen molar-refractivity contribution in [2.75, 3.05) is 0 Å². The minimum Gasteiger partial charge on any atom is -0.288 e. The summed E-state index contributed by atoms with van der Waals surface area (Å²) in [4.78, 5) is 15.7. The second-order valence-corrected chi connectivity index (χ2v) is 3.54. The second-order valence-electron chi connectivity index (χ2n) is 3.18. The Balaban J connectivity index is 2.44. The molecule has 0 N–H and O–H groups in total. The lowest BCUT2D eigenvalue weighted by molar-refractivity contribution is 0.103. The standard InChI is InChI=1S/C12H7ClFNO/c13-12-10(5-2-6-15-12)11(16)8-3-1-4-9(14)7-8/h1-7H. The van der Waals surface area contributed by atoms with Crippen LogP contribution < -0.4 is 0 Å². The Kier molecular flexibility index (Phi) is 2.97. The van der Waals surface area contributed by atoms with Crippen LogP contribution in [-0.4, -0.2) is 10.8 Å². The molecule has 0 unspecified atom stereocenters. The van der Waals surface area contributed by atoms with Gasteiger partial charge in [0.1, 0.15) is 11.0 Å². The highest BCUT2D eigenvalue weighted by Crippen LogP contribution is 2.17. The van der Waals surface area contributed by atoms with E-state index in [0.29, 0.717) is 0 Å². The molecule has 0 aliphatic carbocycles. The van der Waals surface area contributed by atoms with Gasteiger partial charge in [-0.25, -0.2) is 9.37 Å². The molecule has 0 aliphatic heterocycles. The third-order valence-electron chi connectivity index (χ3n) is 2.09. The Hall–Kier alpha value is -1.74. The van der Waals surface area contributed by atoms with E-state index in [2.05, 4.69) is 4.98 Å².